The normalized spacial score (nSPS) is 18.5. The molecular weight excluding hydrogens is 266 g/mol. The number of amides is 2. The van der Waals surface area contributed by atoms with Gasteiger partial charge in [-0.2, -0.15) is 0 Å². The largest absolute Gasteiger partial charge is 0.350 e. The highest BCUT2D eigenvalue weighted by molar-refractivity contribution is 5.95. The van der Waals surface area contributed by atoms with E-state index in [1.54, 1.807) is 24.3 Å². The maximum atomic E-state index is 12.1. The van der Waals surface area contributed by atoms with Crippen LogP contribution in [0.4, 0.5) is 5.69 Å². The quantitative estimate of drug-likeness (QED) is 0.870. The van der Waals surface area contributed by atoms with Gasteiger partial charge in [0.25, 0.3) is 5.91 Å². The van der Waals surface area contributed by atoms with Gasteiger partial charge in [-0.05, 0) is 50.2 Å². The van der Waals surface area contributed by atoms with Crippen molar-refractivity contribution >= 4 is 17.5 Å². The van der Waals surface area contributed by atoms with E-state index in [1.807, 2.05) is 0 Å². The molecule has 5 nitrogen and oxygen atoms in total. The van der Waals surface area contributed by atoms with E-state index in [0.29, 0.717) is 23.8 Å². The van der Waals surface area contributed by atoms with Gasteiger partial charge in [-0.3, -0.25) is 14.5 Å². The van der Waals surface area contributed by atoms with Gasteiger partial charge in [0.15, 0.2) is 0 Å². The molecule has 5 heteroatoms. The molecule has 114 valence electrons. The smallest absolute Gasteiger partial charge is 0.251 e. The third-order valence-electron chi connectivity index (χ3n) is 3.87. The van der Waals surface area contributed by atoms with Gasteiger partial charge < -0.3 is 10.6 Å². The number of likely N-dealkylation sites (N-methyl/N-ethyl adjacent to an activating group) is 1. The maximum Gasteiger partial charge on any atom is 0.251 e. The van der Waals surface area contributed by atoms with E-state index in [2.05, 4.69) is 22.5 Å². The lowest BCUT2D eigenvalue weighted by molar-refractivity contribution is -0.114. The minimum Gasteiger partial charge on any atom is -0.350 e. The molecule has 1 aromatic rings. The van der Waals surface area contributed by atoms with E-state index in [0.717, 1.165) is 19.5 Å². The number of nitrogens with one attached hydrogen (secondary N) is 2. The van der Waals surface area contributed by atoms with E-state index in [9.17, 15) is 9.59 Å². The third kappa shape index (κ3) is 4.29. The second-order valence-electron chi connectivity index (χ2n) is 5.39. The molecule has 1 aromatic carbocycles. The zero-order valence-electron chi connectivity index (χ0n) is 12.7. The van der Waals surface area contributed by atoms with Crippen molar-refractivity contribution in [2.24, 2.45) is 0 Å². The van der Waals surface area contributed by atoms with Crippen LogP contribution in [0, 0.1) is 0 Å². The van der Waals surface area contributed by atoms with E-state index in [1.165, 1.54) is 13.3 Å². The average Bonchev–Trinajstić information content (AvgIpc) is 2.92. The topological polar surface area (TPSA) is 61.4 Å². The SMILES string of the molecule is CCN1CCC[C@@H]1CNC(=O)c1ccc(NC(C)=O)cc1. The number of anilines is 1. The van der Waals surface area contributed by atoms with E-state index < -0.39 is 0 Å². The number of nitrogens with zero attached hydrogens (tertiary/aromatic N) is 1. The van der Waals surface area contributed by atoms with Crippen LogP contribution >= 0.6 is 0 Å². The number of hydrogen-bond acceptors (Lipinski definition) is 3. The van der Waals surface area contributed by atoms with Crippen LogP contribution in [0.2, 0.25) is 0 Å². The number of carbonyl (C=O) groups excluding carboxylic acids is 2. The van der Waals surface area contributed by atoms with Crippen LogP contribution in [-0.4, -0.2) is 42.4 Å². The summed E-state index contributed by atoms with van der Waals surface area (Å²) in [6, 6.07) is 7.39. The Hall–Kier alpha value is -1.88. The third-order valence-corrected chi connectivity index (χ3v) is 3.87. The zero-order chi connectivity index (χ0) is 15.2. The van der Waals surface area contributed by atoms with Gasteiger partial charge in [-0.15, -0.1) is 0 Å². The lowest BCUT2D eigenvalue weighted by Crippen LogP contribution is -2.40. The number of likely N-dealkylation sites (tertiary alicyclic amines) is 1. The Morgan fingerprint density at radius 2 is 2.00 bits per heavy atom. The maximum absolute atomic E-state index is 12.1. The van der Waals surface area contributed by atoms with Crippen molar-refractivity contribution in [3.8, 4) is 0 Å². The predicted octanol–water partition coefficient (Wildman–Crippen LogP) is 1.86. The molecule has 0 radical (unpaired) electrons. The van der Waals surface area contributed by atoms with Crippen LogP contribution in [0.3, 0.4) is 0 Å². The van der Waals surface area contributed by atoms with Gasteiger partial charge in [0.1, 0.15) is 0 Å². The molecule has 2 amide bonds. The molecule has 0 bridgehead atoms. The minimum atomic E-state index is -0.118. The summed E-state index contributed by atoms with van der Waals surface area (Å²) < 4.78 is 0. The van der Waals surface area contributed by atoms with Crippen LogP contribution in [0.15, 0.2) is 24.3 Å². The molecule has 1 fully saturated rings. The first-order chi connectivity index (χ1) is 10.1. The highest BCUT2D eigenvalue weighted by Crippen LogP contribution is 2.16. The second kappa shape index (κ2) is 7.22. The Bertz CT molecular complexity index is 499. The van der Waals surface area contributed by atoms with Gasteiger partial charge in [0.05, 0.1) is 0 Å². The molecule has 0 unspecified atom stereocenters. The first kappa shape index (κ1) is 15.5. The van der Waals surface area contributed by atoms with Crippen molar-refractivity contribution in [3.63, 3.8) is 0 Å². The first-order valence-corrected chi connectivity index (χ1v) is 7.50. The number of hydrogen-bond donors (Lipinski definition) is 2. The van der Waals surface area contributed by atoms with E-state index in [-0.39, 0.29) is 11.8 Å². The average molecular weight is 289 g/mol. The molecule has 21 heavy (non-hydrogen) atoms. The lowest BCUT2D eigenvalue weighted by atomic mass is 10.1. The summed E-state index contributed by atoms with van der Waals surface area (Å²) in [6.07, 6.45) is 2.36. The Kier molecular flexibility index (Phi) is 5.33. The van der Waals surface area contributed by atoms with E-state index >= 15 is 0 Å². The van der Waals surface area contributed by atoms with Crippen LogP contribution in [0.25, 0.3) is 0 Å². The summed E-state index contributed by atoms with van der Waals surface area (Å²) in [5, 5.41) is 5.68. The molecule has 0 aromatic heterocycles. The van der Waals surface area contributed by atoms with Crippen LogP contribution in [0.5, 0.6) is 0 Å². The van der Waals surface area contributed by atoms with Crippen LogP contribution in [0.1, 0.15) is 37.0 Å². The van der Waals surface area contributed by atoms with Gasteiger partial charge in [0.2, 0.25) is 5.91 Å². The van der Waals surface area contributed by atoms with Gasteiger partial charge in [0, 0.05) is 30.8 Å². The van der Waals surface area contributed by atoms with Gasteiger partial charge in [-0.1, -0.05) is 6.92 Å². The van der Waals surface area contributed by atoms with Crippen molar-refractivity contribution in [1.82, 2.24) is 10.2 Å². The van der Waals surface area contributed by atoms with Crippen LogP contribution < -0.4 is 10.6 Å². The van der Waals surface area contributed by atoms with Gasteiger partial charge in [-0.25, -0.2) is 0 Å². The molecule has 1 atom stereocenters. The molecule has 1 saturated heterocycles. The lowest BCUT2D eigenvalue weighted by Gasteiger charge is -2.22. The van der Waals surface area contributed by atoms with Crippen molar-refractivity contribution in [3.05, 3.63) is 29.8 Å². The summed E-state index contributed by atoms with van der Waals surface area (Å²) >= 11 is 0. The summed E-state index contributed by atoms with van der Waals surface area (Å²) in [5.74, 6) is -0.180. The van der Waals surface area contributed by atoms with E-state index in [4.69, 9.17) is 0 Å². The summed E-state index contributed by atoms with van der Waals surface area (Å²) in [4.78, 5) is 25.5. The molecule has 2 N–H and O–H groups in total. The predicted molar refractivity (Wildman–Crippen MR) is 83.3 cm³/mol. The Morgan fingerprint density at radius 1 is 1.29 bits per heavy atom. The minimum absolute atomic E-state index is 0.0627. The molecule has 1 aliphatic heterocycles. The van der Waals surface area contributed by atoms with Crippen molar-refractivity contribution in [2.75, 3.05) is 25.0 Å². The molecule has 2 rings (SSSR count). The van der Waals surface area contributed by atoms with Crippen molar-refractivity contribution in [1.29, 1.82) is 0 Å². The monoisotopic (exact) mass is 289 g/mol. The summed E-state index contributed by atoms with van der Waals surface area (Å²) in [7, 11) is 0. The molecule has 0 aliphatic carbocycles. The highest BCUT2D eigenvalue weighted by Gasteiger charge is 2.23. The first-order valence-electron chi connectivity index (χ1n) is 7.50. The number of rotatable bonds is 5. The molecule has 0 saturated carbocycles. The van der Waals surface area contributed by atoms with Gasteiger partial charge >= 0.3 is 0 Å². The fraction of sp³-hybridized carbons (Fsp3) is 0.500. The molecule has 0 spiro atoms. The number of carbonyl (C=O) groups is 2. The Balaban J connectivity index is 1.87. The summed E-state index contributed by atoms with van der Waals surface area (Å²) in [5.41, 5.74) is 1.32. The Labute approximate surface area is 125 Å². The fourth-order valence-electron chi connectivity index (χ4n) is 2.76. The highest BCUT2D eigenvalue weighted by atomic mass is 16.2. The fourth-order valence-corrected chi connectivity index (χ4v) is 2.76. The molecule has 1 aliphatic rings. The zero-order valence-corrected chi connectivity index (χ0v) is 12.7. The second-order valence-corrected chi connectivity index (χ2v) is 5.39. The van der Waals surface area contributed by atoms with Crippen LogP contribution in [-0.2, 0) is 4.79 Å². The summed E-state index contributed by atoms with van der Waals surface area (Å²) in [6.45, 7) is 6.47. The standard InChI is InChI=1S/C16H23N3O2/c1-3-19-10-4-5-15(19)11-17-16(21)13-6-8-14(9-7-13)18-12(2)20/h6-9,15H,3-5,10-11H2,1-2H3,(H,17,21)(H,18,20)/t15-/m1/s1. The van der Waals surface area contributed by atoms with Crippen molar-refractivity contribution in [2.45, 2.75) is 32.7 Å². The van der Waals surface area contributed by atoms with Crippen molar-refractivity contribution < 1.29 is 9.59 Å². The number of benzene rings is 1. The molecule has 1 heterocycles. The Morgan fingerprint density at radius 3 is 2.62 bits per heavy atom. The molecular formula is C16H23N3O2.